The van der Waals surface area contributed by atoms with E-state index in [2.05, 4.69) is 10.2 Å². The average Bonchev–Trinajstić information content (AvgIpc) is 3.30. The zero-order valence-corrected chi connectivity index (χ0v) is 18.5. The fourth-order valence-corrected chi connectivity index (χ4v) is 5.32. The third-order valence-corrected chi connectivity index (χ3v) is 7.03. The van der Waals surface area contributed by atoms with Crippen molar-refractivity contribution in [3.8, 4) is 5.75 Å². The summed E-state index contributed by atoms with van der Waals surface area (Å²) in [7, 11) is 0. The summed E-state index contributed by atoms with van der Waals surface area (Å²) in [6, 6.07) is 4.71. The molecule has 3 atom stereocenters. The second-order valence-corrected chi connectivity index (χ2v) is 9.38. The van der Waals surface area contributed by atoms with E-state index in [1.807, 2.05) is 6.07 Å². The Bertz CT molecular complexity index is 995. The number of halogens is 3. The molecule has 3 aliphatic heterocycles. The van der Waals surface area contributed by atoms with Crippen LogP contribution in [0.5, 0.6) is 5.75 Å². The average molecular weight is 481 g/mol. The monoisotopic (exact) mass is 481 g/mol. The van der Waals surface area contributed by atoms with Crippen molar-refractivity contribution in [3.05, 3.63) is 29.3 Å². The molecule has 1 N–H and O–H groups in total. The molecule has 11 heteroatoms. The minimum absolute atomic E-state index is 0.0926. The zero-order chi connectivity index (χ0) is 24.0. The lowest BCUT2D eigenvalue weighted by Gasteiger charge is -2.44. The predicted octanol–water partition coefficient (Wildman–Crippen LogP) is 2.01. The fourth-order valence-electron chi connectivity index (χ4n) is 5.32. The summed E-state index contributed by atoms with van der Waals surface area (Å²) in [5, 5.41) is 2.29. The first-order valence-electron chi connectivity index (χ1n) is 11.5. The van der Waals surface area contributed by atoms with E-state index in [0.29, 0.717) is 30.8 Å². The van der Waals surface area contributed by atoms with E-state index in [4.69, 9.17) is 9.47 Å². The minimum atomic E-state index is -4.32. The van der Waals surface area contributed by atoms with Crippen LogP contribution < -0.4 is 10.1 Å². The quantitative estimate of drug-likeness (QED) is 0.626. The molecule has 1 unspecified atom stereocenters. The van der Waals surface area contributed by atoms with Crippen LogP contribution in [0.2, 0.25) is 0 Å². The normalized spacial score (nSPS) is 28.1. The summed E-state index contributed by atoms with van der Waals surface area (Å²) >= 11 is 0. The molecule has 8 nitrogen and oxygen atoms in total. The number of amides is 3. The molecule has 2 saturated heterocycles. The minimum Gasteiger partial charge on any atom is -0.489 e. The van der Waals surface area contributed by atoms with Crippen molar-refractivity contribution >= 4 is 17.7 Å². The number of nitrogens with one attached hydrogen (secondary N) is 1. The largest absolute Gasteiger partial charge is 0.489 e. The third kappa shape index (κ3) is 4.63. The van der Waals surface area contributed by atoms with Crippen molar-refractivity contribution < 1.29 is 37.0 Å². The van der Waals surface area contributed by atoms with E-state index in [0.717, 1.165) is 24.8 Å². The molecule has 184 valence electrons. The molecule has 3 heterocycles. The molecule has 1 saturated carbocycles. The first-order chi connectivity index (χ1) is 16.2. The number of likely N-dealkylation sites (tertiary alicyclic amines) is 1. The van der Waals surface area contributed by atoms with Gasteiger partial charge in [0, 0.05) is 37.7 Å². The smallest absolute Gasteiger partial charge is 0.411 e. The molecular weight excluding hydrogens is 455 g/mol. The van der Waals surface area contributed by atoms with Gasteiger partial charge in [-0.05, 0) is 49.4 Å². The predicted molar refractivity (Wildman–Crippen MR) is 112 cm³/mol. The van der Waals surface area contributed by atoms with Crippen molar-refractivity contribution in [2.45, 2.75) is 69.1 Å². The molecule has 1 aromatic rings. The Morgan fingerprint density at radius 2 is 1.88 bits per heavy atom. The number of hydrogen-bond acceptors (Lipinski definition) is 6. The number of ether oxygens (including phenoxy) is 2. The van der Waals surface area contributed by atoms with Gasteiger partial charge in [0.2, 0.25) is 11.8 Å². The van der Waals surface area contributed by atoms with Crippen LogP contribution in [0.1, 0.15) is 48.0 Å². The van der Waals surface area contributed by atoms with E-state index in [9.17, 15) is 27.6 Å². The number of hydrogen-bond donors (Lipinski definition) is 1. The van der Waals surface area contributed by atoms with Gasteiger partial charge in [-0.3, -0.25) is 24.6 Å². The third-order valence-electron chi connectivity index (χ3n) is 7.03. The molecule has 3 fully saturated rings. The lowest BCUT2D eigenvalue weighted by Crippen LogP contribution is -2.59. The summed E-state index contributed by atoms with van der Waals surface area (Å²) in [5.41, 5.74) is 1.29. The van der Waals surface area contributed by atoms with Crippen molar-refractivity contribution in [3.63, 3.8) is 0 Å². The van der Waals surface area contributed by atoms with Gasteiger partial charge in [-0.15, -0.1) is 0 Å². The van der Waals surface area contributed by atoms with Gasteiger partial charge in [0.15, 0.2) is 0 Å². The number of fused-ring (bicyclic) bond motifs is 1. The van der Waals surface area contributed by atoms with Gasteiger partial charge >= 0.3 is 6.18 Å². The van der Waals surface area contributed by atoms with Crippen LogP contribution in [0.3, 0.4) is 0 Å². The van der Waals surface area contributed by atoms with Gasteiger partial charge in [-0.2, -0.15) is 13.2 Å². The molecule has 3 amide bonds. The van der Waals surface area contributed by atoms with Crippen molar-refractivity contribution in [1.82, 2.24) is 15.1 Å². The van der Waals surface area contributed by atoms with Crippen molar-refractivity contribution in [2.75, 3.05) is 19.7 Å². The van der Waals surface area contributed by atoms with Crippen LogP contribution in [0.15, 0.2) is 18.2 Å². The molecule has 1 aliphatic carbocycles. The first kappa shape index (κ1) is 23.1. The number of benzene rings is 1. The molecule has 4 aliphatic rings. The second-order valence-electron chi connectivity index (χ2n) is 9.38. The Balaban J connectivity index is 1.19. The van der Waals surface area contributed by atoms with E-state index in [-0.39, 0.29) is 36.9 Å². The van der Waals surface area contributed by atoms with Crippen molar-refractivity contribution in [1.29, 1.82) is 0 Å². The Hall–Kier alpha value is -2.66. The number of carbonyl (C=O) groups excluding carboxylic acids is 3. The summed E-state index contributed by atoms with van der Waals surface area (Å²) < 4.78 is 48.2. The van der Waals surface area contributed by atoms with E-state index in [1.54, 1.807) is 12.1 Å². The maximum absolute atomic E-state index is 12.8. The Labute approximate surface area is 194 Å². The van der Waals surface area contributed by atoms with Gasteiger partial charge in [0.25, 0.3) is 5.91 Å². The number of piperidine rings is 1. The summed E-state index contributed by atoms with van der Waals surface area (Å²) in [4.78, 5) is 40.1. The van der Waals surface area contributed by atoms with E-state index >= 15 is 0 Å². The van der Waals surface area contributed by atoms with Gasteiger partial charge < -0.3 is 14.4 Å². The van der Waals surface area contributed by atoms with Crippen LogP contribution >= 0.6 is 0 Å². The highest BCUT2D eigenvalue weighted by molar-refractivity contribution is 6.05. The number of alkyl halides is 3. The zero-order valence-electron chi connectivity index (χ0n) is 18.5. The van der Waals surface area contributed by atoms with Crippen LogP contribution in [-0.4, -0.2) is 77.7 Å². The van der Waals surface area contributed by atoms with Crippen LogP contribution in [-0.2, 0) is 20.9 Å². The summed E-state index contributed by atoms with van der Waals surface area (Å²) in [6.07, 6.45) is -1.60. The van der Waals surface area contributed by atoms with Crippen molar-refractivity contribution in [2.24, 2.45) is 0 Å². The maximum Gasteiger partial charge on any atom is 0.411 e. The van der Waals surface area contributed by atoms with Crippen LogP contribution in [0.25, 0.3) is 0 Å². The molecule has 5 rings (SSSR count). The lowest BCUT2D eigenvalue weighted by molar-refractivity contribution is -0.202. The van der Waals surface area contributed by atoms with Crippen LogP contribution in [0, 0.1) is 0 Å². The van der Waals surface area contributed by atoms with Gasteiger partial charge in [0.1, 0.15) is 24.5 Å². The summed E-state index contributed by atoms with van der Waals surface area (Å²) in [5.74, 6) is -0.387. The highest BCUT2D eigenvalue weighted by atomic mass is 19.4. The first-order valence-corrected chi connectivity index (χ1v) is 11.5. The van der Waals surface area contributed by atoms with E-state index < -0.39 is 30.8 Å². The molecule has 0 radical (unpaired) electrons. The molecular formula is C23H26F3N3O5. The lowest BCUT2D eigenvalue weighted by atomic mass is 10.0. The number of carbonyl (C=O) groups is 3. The molecule has 0 spiro atoms. The maximum atomic E-state index is 12.8. The number of nitrogens with zero attached hydrogens (tertiary/aromatic N) is 2. The highest BCUT2D eigenvalue weighted by Gasteiger charge is 2.43. The molecule has 0 bridgehead atoms. The summed E-state index contributed by atoms with van der Waals surface area (Å²) in [6.45, 7) is -0.0314. The highest BCUT2D eigenvalue weighted by Crippen LogP contribution is 2.35. The number of rotatable bonds is 6. The van der Waals surface area contributed by atoms with E-state index in [1.165, 1.54) is 4.90 Å². The standard InChI is InChI=1S/C23H26F3N3O5/c24-23(25,26)12-33-15-10-28(11-15)17-2-1-3-19(17)34-14-4-5-16-13(8-14)9-29(22(16)32)18-6-7-20(30)27-21(18)31/h4-5,8,15,17-19H,1-3,6-7,9-12H2,(H,27,30,31)/t17-,18?,19-/m1/s1. The number of imide groups is 1. The topological polar surface area (TPSA) is 88.2 Å². The van der Waals surface area contributed by atoms with Crippen LogP contribution in [0.4, 0.5) is 13.2 Å². The van der Waals surface area contributed by atoms with Gasteiger partial charge in [-0.1, -0.05) is 0 Å². The fraction of sp³-hybridized carbons (Fsp3) is 0.609. The van der Waals surface area contributed by atoms with Gasteiger partial charge in [0.05, 0.1) is 6.10 Å². The van der Waals surface area contributed by atoms with Gasteiger partial charge in [-0.25, -0.2) is 0 Å². The Morgan fingerprint density at radius 3 is 2.62 bits per heavy atom. The molecule has 0 aromatic heterocycles. The Kier molecular flexibility index (Phi) is 6.01. The second kappa shape index (κ2) is 8.84. The molecule has 34 heavy (non-hydrogen) atoms. The Morgan fingerprint density at radius 1 is 1.09 bits per heavy atom. The SMILES string of the molecule is O=C1CCC(N2Cc3cc(O[C@@H]4CCC[C@H]4N4CC(OCC(F)(F)F)C4)ccc3C2=O)C(=O)N1. The molecule has 1 aromatic carbocycles.